The molecule has 0 bridgehead atoms. The van der Waals surface area contributed by atoms with Gasteiger partial charge in [0, 0.05) is 31.1 Å². The summed E-state index contributed by atoms with van der Waals surface area (Å²) in [6.07, 6.45) is 1.01. The highest BCUT2D eigenvalue weighted by atomic mass is 79.9. The second-order valence-electron chi connectivity index (χ2n) is 7.55. The van der Waals surface area contributed by atoms with Gasteiger partial charge in [0.05, 0.1) is 9.50 Å². The number of carbonyl (C=O) groups excluding carboxylic acids is 1. The van der Waals surface area contributed by atoms with E-state index in [1.807, 2.05) is 32.6 Å². The van der Waals surface area contributed by atoms with Crippen LogP contribution in [0.4, 0.5) is 15.0 Å². The molecule has 9 heteroatoms. The van der Waals surface area contributed by atoms with E-state index < -0.39 is 11.4 Å². The highest BCUT2D eigenvalue weighted by Crippen LogP contribution is 2.35. The van der Waals surface area contributed by atoms with Crippen LogP contribution < -0.4 is 4.90 Å². The van der Waals surface area contributed by atoms with Crippen molar-refractivity contribution in [3.63, 3.8) is 0 Å². The number of halogens is 3. The standard InChI is InChI=1S/C18H21BrClFN4O2/c1-10-8-24(5-6-25(10)17(26)27-18(2,3)4)16-11-7-12(20)13(19)14(21)15(11)22-9-23-16/h7,9-10H,5-6,8H2,1-4H3. The lowest BCUT2D eigenvalue weighted by Gasteiger charge is -2.40. The van der Waals surface area contributed by atoms with E-state index in [1.165, 1.54) is 6.33 Å². The van der Waals surface area contributed by atoms with E-state index in [-0.39, 0.29) is 27.1 Å². The van der Waals surface area contributed by atoms with Gasteiger partial charge in [-0.1, -0.05) is 11.6 Å². The van der Waals surface area contributed by atoms with Crippen LogP contribution in [0.5, 0.6) is 0 Å². The Bertz CT molecular complexity index is 890. The minimum Gasteiger partial charge on any atom is -0.444 e. The third-order valence-electron chi connectivity index (χ3n) is 4.30. The molecule has 1 aliphatic rings. The molecule has 0 saturated carbocycles. The first-order valence-corrected chi connectivity index (χ1v) is 9.78. The Morgan fingerprint density at radius 2 is 2.07 bits per heavy atom. The Kier molecular flexibility index (Phi) is 5.49. The van der Waals surface area contributed by atoms with Crippen LogP contribution in [0.25, 0.3) is 10.9 Å². The van der Waals surface area contributed by atoms with Gasteiger partial charge in [0.1, 0.15) is 23.3 Å². The number of piperazine rings is 1. The molecule has 0 N–H and O–H groups in total. The monoisotopic (exact) mass is 458 g/mol. The number of aromatic nitrogens is 2. The summed E-state index contributed by atoms with van der Waals surface area (Å²) in [6, 6.07) is 1.57. The van der Waals surface area contributed by atoms with E-state index in [0.717, 1.165) is 0 Å². The number of carbonyl (C=O) groups is 1. The molecule has 0 spiro atoms. The number of rotatable bonds is 1. The number of benzene rings is 1. The second kappa shape index (κ2) is 7.39. The summed E-state index contributed by atoms with van der Waals surface area (Å²) in [6.45, 7) is 9.05. The lowest BCUT2D eigenvalue weighted by Crippen LogP contribution is -2.55. The first kappa shape index (κ1) is 20.1. The second-order valence-corrected chi connectivity index (χ2v) is 8.75. The van der Waals surface area contributed by atoms with Crippen molar-refractivity contribution in [2.24, 2.45) is 0 Å². The summed E-state index contributed by atoms with van der Waals surface area (Å²) in [5.74, 6) is 0.0885. The normalized spacial score (nSPS) is 18.1. The van der Waals surface area contributed by atoms with Gasteiger partial charge in [-0.15, -0.1) is 0 Å². The van der Waals surface area contributed by atoms with Crippen LogP contribution in [0.1, 0.15) is 27.7 Å². The third-order valence-corrected chi connectivity index (χ3v) is 5.60. The minimum absolute atomic E-state index is 0.0885. The minimum atomic E-state index is -0.543. The number of hydrogen-bond donors (Lipinski definition) is 0. The molecule has 1 fully saturated rings. The molecular formula is C18H21BrClFN4O2. The van der Waals surface area contributed by atoms with Gasteiger partial charge in [0.25, 0.3) is 0 Å². The molecule has 27 heavy (non-hydrogen) atoms. The van der Waals surface area contributed by atoms with E-state index in [0.29, 0.717) is 30.8 Å². The molecule has 1 aromatic heterocycles. The molecule has 1 aromatic carbocycles. The first-order chi connectivity index (χ1) is 12.6. The Morgan fingerprint density at radius 1 is 1.37 bits per heavy atom. The van der Waals surface area contributed by atoms with Gasteiger partial charge in [-0.25, -0.2) is 19.2 Å². The fourth-order valence-corrected chi connectivity index (χ4v) is 3.58. The van der Waals surface area contributed by atoms with Gasteiger partial charge in [-0.3, -0.25) is 0 Å². The van der Waals surface area contributed by atoms with Gasteiger partial charge >= 0.3 is 6.09 Å². The average molecular weight is 460 g/mol. The molecule has 1 aliphatic heterocycles. The van der Waals surface area contributed by atoms with Crippen molar-refractivity contribution in [2.45, 2.75) is 39.3 Å². The highest BCUT2D eigenvalue weighted by molar-refractivity contribution is 9.10. The van der Waals surface area contributed by atoms with Crippen molar-refractivity contribution in [3.8, 4) is 0 Å². The zero-order chi connectivity index (χ0) is 19.9. The number of nitrogens with zero attached hydrogens (tertiary/aromatic N) is 4. The molecule has 0 aliphatic carbocycles. The SMILES string of the molecule is CC1CN(c2ncnc3c(F)c(Br)c(Cl)cc23)CCN1C(=O)OC(C)(C)C. The predicted octanol–water partition coefficient (Wildman–Crippen LogP) is 4.63. The molecule has 146 valence electrons. The molecule has 1 atom stereocenters. The van der Waals surface area contributed by atoms with Crippen molar-refractivity contribution >= 4 is 50.3 Å². The van der Waals surface area contributed by atoms with Gasteiger partial charge < -0.3 is 14.5 Å². The molecule has 6 nitrogen and oxygen atoms in total. The summed E-state index contributed by atoms with van der Waals surface area (Å²) < 4.78 is 20.2. The topological polar surface area (TPSA) is 58.6 Å². The maximum Gasteiger partial charge on any atom is 0.410 e. The maximum absolute atomic E-state index is 14.5. The van der Waals surface area contributed by atoms with Crippen molar-refractivity contribution in [3.05, 3.63) is 27.7 Å². The van der Waals surface area contributed by atoms with E-state index in [4.69, 9.17) is 16.3 Å². The first-order valence-electron chi connectivity index (χ1n) is 8.61. The van der Waals surface area contributed by atoms with Crippen LogP contribution in [0.2, 0.25) is 5.02 Å². The summed E-state index contributed by atoms with van der Waals surface area (Å²) in [4.78, 5) is 24.5. The van der Waals surface area contributed by atoms with Crippen LogP contribution in [-0.4, -0.2) is 52.2 Å². The van der Waals surface area contributed by atoms with Gasteiger partial charge in [-0.05, 0) is 49.7 Å². The van der Waals surface area contributed by atoms with Gasteiger partial charge in [-0.2, -0.15) is 0 Å². The van der Waals surface area contributed by atoms with Crippen molar-refractivity contribution in [1.29, 1.82) is 0 Å². The molecular weight excluding hydrogens is 439 g/mol. The number of fused-ring (bicyclic) bond motifs is 1. The molecule has 2 aromatic rings. The predicted molar refractivity (Wildman–Crippen MR) is 107 cm³/mol. The van der Waals surface area contributed by atoms with E-state index in [1.54, 1.807) is 11.0 Å². The molecule has 1 saturated heterocycles. The zero-order valence-electron chi connectivity index (χ0n) is 15.6. The van der Waals surface area contributed by atoms with E-state index >= 15 is 0 Å². The molecule has 1 unspecified atom stereocenters. The number of anilines is 1. The zero-order valence-corrected chi connectivity index (χ0v) is 17.9. The summed E-state index contributed by atoms with van der Waals surface area (Å²) in [5.41, 5.74) is -0.336. The molecule has 0 radical (unpaired) electrons. The van der Waals surface area contributed by atoms with Crippen LogP contribution in [0.3, 0.4) is 0 Å². The summed E-state index contributed by atoms with van der Waals surface area (Å²) in [5, 5.41) is 0.803. The Labute approximate surface area is 170 Å². The molecule has 3 rings (SSSR count). The van der Waals surface area contributed by atoms with Crippen LogP contribution in [0, 0.1) is 5.82 Å². The summed E-state index contributed by atoms with van der Waals surface area (Å²) >= 11 is 9.27. The fraction of sp³-hybridized carbons (Fsp3) is 0.500. The van der Waals surface area contributed by atoms with E-state index in [2.05, 4.69) is 25.9 Å². The number of hydrogen-bond acceptors (Lipinski definition) is 5. The van der Waals surface area contributed by atoms with Crippen molar-refractivity contribution in [2.75, 3.05) is 24.5 Å². The van der Waals surface area contributed by atoms with Crippen LogP contribution in [-0.2, 0) is 4.74 Å². The van der Waals surface area contributed by atoms with Crippen molar-refractivity contribution < 1.29 is 13.9 Å². The Morgan fingerprint density at radius 3 is 2.70 bits per heavy atom. The van der Waals surface area contributed by atoms with Crippen LogP contribution in [0.15, 0.2) is 16.9 Å². The Balaban J connectivity index is 1.87. The molecule has 2 heterocycles. The molecule has 1 amide bonds. The summed E-state index contributed by atoms with van der Waals surface area (Å²) in [7, 11) is 0. The highest BCUT2D eigenvalue weighted by Gasteiger charge is 2.32. The van der Waals surface area contributed by atoms with Crippen LogP contribution >= 0.6 is 27.5 Å². The average Bonchev–Trinajstić information content (AvgIpc) is 2.57. The lowest BCUT2D eigenvalue weighted by atomic mass is 10.1. The van der Waals surface area contributed by atoms with Gasteiger partial charge in [0.15, 0.2) is 5.82 Å². The largest absolute Gasteiger partial charge is 0.444 e. The number of amides is 1. The van der Waals surface area contributed by atoms with Crippen molar-refractivity contribution in [1.82, 2.24) is 14.9 Å². The van der Waals surface area contributed by atoms with Gasteiger partial charge in [0.2, 0.25) is 0 Å². The number of ether oxygens (including phenoxy) is 1. The van der Waals surface area contributed by atoms with E-state index in [9.17, 15) is 9.18 Å². The fourth-order valence-electron chi connectivity index (χ4n) is 3.09. The third kappa shape index (κ3) is 4.11. The maximum atomic E-state index is 14.5. The Hall–Kier alpha value is -1.67. The smallest absolute Gasteiger partial charge is 0.410 e. The lowest BCUT2D eigenvalue weighted by molar-refractivity contribution is 0.0159. The quantitative estimate of drug-likeness (QED) is 0.582.